The summed E-state index contributed by atoms with van der Waals surface area (Å²) in [6.45, 7) is 0. The van der Waals surface area contributed by atoms with Gasteiger partial charge in [-0.3, -0.25) is 0 Å². The maximum atomic E-state index is 5.26. The molecule has 0 saturated heterocycles. The van der Waals surface area contributed by atoms with E-state index in [1.807, 2.05) is 30.4 Å². The third kappa shape index (κ3) is 2.18. The maximum absolute atomic E-state index is 5.26. The smallest absolute Gasteiger partial charge is 0.160 e. The average molecular weight is 214 g/mol. The number of allylic oxidation sites excluding steroid dienone is 3. The number of methoxy groups -OCH3 is 2. The van der Waals surface area contributed by atoms with Crippen LogP contribution in [0.4, 0.5) is 0 Å². The highest BCUT2D eigenvalue weighted by Crippen LogP contribution is 2.28. The molecule has 2 heteroatoms. The fraction of sp³-hybridized carbons (Fsp3) is 0.214. The molecule has 1 aliphatic rings. The minimum Gasteiger partial charge on any atom is -0.493 e. The molecule has 0 bridgehead atoms. The monoisotopic (exact) mass is 214 g/mol. The van der Waals surface area contributed by atoms with E-state index in [0.29, 0.717) is 0 Å². The van der Waals surface area contributed by atoms with Crippen LogP contribution in [-0.4, -0.2) is 14.2 Å². The summed E-state index contributed by atoms with van der Waals surface area (Å²) in [5.74, 6) is 1.53. The van der Waals surface area contributed by atoms with Gasteiger partial charge in [0.2, 0.25) is 0 Å². The van der Waals surface area contributed by atoms with Gasteiger partial charge in [-0.1, -0.05) is 18.2 Å². The molecule has 0 N–H and O–H groups in total. The third-order valence-electron chi connectivity index (χ3n) is 2.50. The second kappa shape index (κ2) is 4.73. The van der Waals surface area contributed by atoms with E-state index in [9.17, 15) is 0 Å². The van der Waals surface area contributed by atoms with Gasteiger partial charge >= 0.3 is 0 Å². The van der Waals surface area contributed by atoms with Crippen molar-refractivity contribution >= 4 is 0 Å². The van der Waals surface area contributed by atoms with Gasteiger partial charge in [0.25, 0.3) is 0 Å². The molecule has 0 saturated carbocycles. The quantitative estimate of drug-likeness (QED) is 0.717. The Hall–Kier alpha value is -1.92. The molecule has 1 aliphatic carbocycles. The first-order valence-electron chi connectivity index (χ1n) is 5.16. The van der Waals surface area contributed by atoms with Crippen molar-refractivity contribution in [3.63, 3.8) is 0 Å². The van der Waals surface area contributed by atoms with Crippen molar-refractivity contribution in [2.24, 2.45) is 0 Å². The van der Waals surface area contributed by atoms with Crippen LogP contribution in [0.2, 0.25) is 0 Å². The lowest BCUT2D eigenvalue weighted by atomic mass is 10.1. The standard InChI is InChI=1S/C14H14O2/c1-15-13-8-7-12(10-14(13)16-2)9-11-5-3-4-6-11/h3-5,7-8,10H,9H2,1-2H3. The number of rotatable bonds is 4. The topological polar surface area (TPSA) is 18.5 Å². The van der Waals surface area contributed by atoms with Crippen molar-refractivity contribution < 1.29 is 9.47 Å². The fourth-order valence-electron chi connectivity index (χ4n) is 1.69. The molecule has 0 spiro atoms. The number of benzene rings is 1. The molecule has 0 atom stereocenters. The van der Waals surface area contributed by atoms with E-state index >= 15 is 0 Å². The summed E-state index contributed by atoms with van der Waals surface area (Å²) in [6.07, 6.45) is 6.86. The second-order valence-corrected chi connectivity index (χ2v) is 3.56. The van der Waals surface area contributed by atoms with E-state index in [0.717, 1.165) is 17.9 Å². The Morgan fingerprint density at radius 3 is 2.56 bits per heavy atom. The normalized spacial score (nSPS) is 12.8. The van der Waals surface area contributed by atoms with Gasteiger partial charge in [0.05, 0.1) is 14.2 Å². The maximum Gasteiger partial charge on any atom is 0.160 e. The van der Waals surface area contributed by atoms with Gasteiger partial charge in [-0.25, -0.2) is 0 Å². The molecule has 1 aromatic rings. The van der Waals surface area contributed by atoms with Crippen molar-refractivity contribution in [2.75, 3.05) is 14.2 Å². The van der Waals surface area contributed by atoms with Crippen molar-refractivity contribution in [3.8, 4) is 11.5 Å². The molecule has 0 aliphatic heterocycles. The predicted octanol–water partition coefficient (Wildman–Crippen LogP) is 2.90. The lowest BCUT2D eigenvalue weighted by molar-refractivity contribution is 0.354. The third-order valence-corrected chi connectivity index (χ3v) is 2.50. The summed E-state index contributed by atoms with van der Waals surface area (Å²) in [5, 5.41) is 0. The van der Waals surface area contributed by atoms with Crippen molar-refractivity contribution in [2.45, 2.75) is 6.42 Å². The van der Waals surface area contributed by atoms with Gasteiger partial charge in [-0.2, -0.15) is 0 Å². The molecule has 0 fully saturated rings. The summed E-state index contributed by atoms with van der Waals surface area (Å²) < 4.78 is 10.5. The van der Waals surface area contributed by atoms with Crippen molar-refractivity contribution in [1.82, 2.24) is 0 Å². The Bertz CT molecular complexity index is 478. The van der Waals surface area contributed by atoms with E-state index < -0.39 is 0 Å². The first kappa shape index (κ1) is 10.6. The van der Waals surface area contributed by atoms with E-state index in [1.165, 1.54) is 11.1 Å². The Morgan fingerprint density at radius 2 is 1.94 bits per heavy atom. The number of hydrogen-bond donors (Lipinski definition) is 0. The van der Waals surface area contributed by atoms with E-state index in [-0.39, 0.29) is 0 Å². The fourth-order valence-corrected chi connectivity index (χ4v) is 1.69. The summed E-state index contributed by atoms with van der Waals surface area (Å²) in [6, 6.07) is 5.97. The molecule has 2 rings (SSSR count). The van der Waals surface area contributed by atoms with Gasteiger partial charge < -0.3 is 9.47 Å². The van der Waals surface area contributed by atoms with Crippen LogP contribution in [0.25, 0.3) is 0 Å². The van der Waals surface area contributed by atoms with Crippen LogP contribution in [0, 0.1) is 0 Å². The van der Waals surface area contributed by atoms with Gasteiger partial charge in [0.15, 0.2) is 11.5 Å². The molecule has 16 heavy (non-hydrogen) atoms. The molecule has 82 valence electrons. The van der Waals surface area contributed by atoms with Crippen LogP contribution in [0.3, 0.4) is 0 Å². The van der Waals surface area contributed by atoms with Crippen LogP contribution in [-0.2, 0) is 6.42 Å². The summed E-state index contributed by atoms with van der Waals surface area (Å²) in [5.41, 5.74) is 5.56. The molecule has 0 amide bonds. The summed E-state index contributed by atoms with van der Waals surface area (Å²) in [7, 11) is 3.29. The minimum absolute atomic E-state index is 0.762. The Labute approximate surface area is 95.5 Å². The van der Waals surface area contributed by atoms with E-state index in [2.05, 4.69) is 11.8 Å². The molecule has 0 unspecified atom stereocenters. The summed E-state index contributed by atoms with van der Waals surface area (Å²) >= 11 is 0. The zero-order valence-corrected chi connectivity index (χ0v) is 9.49. The van der Waals surface area contributed by atoms with Gasteiger partial charge in [-0.15, -0.1) is 5.73 Å². The number of hydrogen-bond acceptors (Lipinski definition) is 2. The lowest BCUT2D eigenvalue weighted by Gasteiger charge is -2.09. The molecule has 1 aromatic carbocycles. The highest BCUT2D eigenvalue weighted by molar-refractivity contribution is 5.45. The first-order chi connectivity index (χ1) is 7.83. The molecular formula is C14H14O2. The highest BCUT2D eigenvalue weighted by atomic mass is 16.5. The Balaban J connectivity index is 2.22. The van der Waals surface area contributed by atoms with Gasteiger partial charge in [-0.05, 0) is 29.3 Å². The zero-order valence-electron chi connectivity index (χ0n) is 9.49. The number of ether oxygens (including phenoxy) is 2. The second-order valence-electron chi connectivity index (χ2n) is 3.56. The molecule has 0 aromatic heterocycles. The van der Waals surface area contributed by atoms with Crippen LogP contribution in [0.15, 0.2) is 47.7 Å². The molecular weight excluding hydrogens is 200 g/mol. The lowest BCUT2D eigenvalue weighted by Crippen LogP contribution is -1.93. The largest absolute Gasteiger partial charge is 0.493 e. The molecule has 0 radical (unpaired) electrons. The van der Waals surface area contributed by atoms with Crippen LogP contribution >= 0.6 is 0 Å². The Kier molecular flexibility index (Phi) is 3.13. The molecule has 0 heterocycles. The highest BCUT2D eigenvalue weighted by Gasteiger charge is 2.05. The first-order valence-corrected chi connectivity index (χ1v) is 5.16. The average Bonchev–Trinajstić information content (AvgIpc) is 2.81. The van der Waals surface area contributed by atoms with E-state index in [4.69, 9.17) is 9.47 Å². The Morgan fingerprint density at radius 1 is 1.12 bits per heavy atom. The van der Waals surface area contributed by atoms with Crippen LogP contribution in [0.1, 0.15) is 5.56 Å². The zero-order chi connectivity index (χ0) is 11.4. The minimum atomic E-state index is 0.762. The SMILES string of the molecule is COc1ccc(CC2=C=CC=C2)cc1OC. The van der Waals surface area contributed by atoms with Crippen LogP contribution in [0.5, 0.6) is 11.5 Å². The van der Waals surface area contributed by atoms with E-state index in [1.54, 1.807) is 14.2 Å². The van der Waals surface area contributed by atoms with Crippen molar-refractivity contribution in [1.29, 1.82) is 0 Å². The summed E-state index contributed by atoms with van der Waals surface area (Å²) in [4.78, 5) is 0. The van der Waals surface area contributed by atoms with Crippen LogP contribution < -0.4 is 9.47 Å². The van der Waals surface area contributed by atoms with Gasteiger partial charge in [0, 0.05) is 6.42 Å². The predicted molar refractivity (Wildman–Crippen MR) is 64.0 cm³/mol. The molecule has 2 nitrogen and oxygen atoms in total. The van der Waals surface area contributed by atoms with Gasteiger partial charge in [0.1, 0.15) is 0 Å². The van der Waals surface area contributed by atoms with Crippen molar-refractivity contribution in [3.05, 3.63) is 53.3 Å².